The van der Waals surface area contributed by atoms with Gasteiger partial charge in [0, 0.05) is 17.5 Å². The van der Waals surface area contributed by atoms with Gasteiger partial charge in [-0.3, -0.25) is 9.59 Å². The first-order valence-electron chi connectivity index (χ1n) is 9.29. The number of carbonyl (C=O) groups is 2. The highest BCUT2D eigenvalue weighted by atomic mass is 16.5. The van der Waals surface area contributed by atoms with Crippen molar-refractivity contribution in [2.75, 3.05) is 14.2 Å². The van der Waals surface area contributed by atoms with E-state index in [1.165, 1.54) is 13.5 Å². The molecule has 26 heavy (non-hydrogen) atoms. The topological polar surface area (TPSA) is 84.9 Å². The van der Waals surface area contributed by atoms with Crippen molar-refractivity contribution in [1.82, 2.24) is 5.32 Å². The average molecular weight is 363 g/mol. The minimum Gasteiger partial charge on any atom is -0.497 e. The number of amides is 1. The van der Waals surface area contributed by atoms with E-state index in [4.69, 9.17) is 9.47 Å². The Morgan fingerprint density at radius 2 is 1.77 bits per heavy atom. The predicted octanol–water partition coefficient (Wildman–Crippen LogP) is 3.70. The van der Waals surface area contributed by atoms with E-state index in [0.717, 1.165) is 38.5 Å². The van der Waals surface area contributed by atoms with Crippen LogP contribution in [0, 0.1) is 5.92 Å². The van der Waals surface area contributed by atoms with E-state index in [9.17, 15) is 14.7 Å². The van der Waals surface area contributed by atoms with E-state index in [-0.39, 0.29) is 18.2 Å². The van der Waals surface area contributed by atoms with Gasteiger partial charge < -0.3 is 19.9 Å². The van der Waals surface area contributed by atoms with E-state index in [1.807, 2.05) is 0 Å². The molecule has 2 rings (SSSR count). The summed E-state index contributed by atoms with van der Waals surface area (Å²) in [6, 6.07) is 4.57. The molecule has 6 heteroatoms. The molecule has 1 atom stereocenters. The molecule has 1 unspecified atom stereocenters. The molecule has 1 fully saturated rings. The maximum absolute atomic E-state index is 12.8. The zero-order chi connectivity index (χ0) is 18.9. The van der Waals surface area contributed by atoms with Gasteiger partial charge in [0.15, 0.2) is 0 Å². The van der Waals surface area contributed by atoms with Crippen molar-refractivity contribution >= 4 is 11.9 Å². The lowest BCUT2D eigenvalue weighted by atomic mass is 9.90. The maximum atomic E-state index is 12.8. The van der Waals surface area contributed by atoms with Gasteiger partial charge >= 0.3 is 5.97 Å². The molecular formula is C20H29NO5. The molecule has 2 N–H and O–H groups in total. The Morgan fingerprint density at radius 3 is 2.35 bits per heavy atom. The van der Waals surface area contributed by atoms with Crippen LogP contribution in [0.1, 0.15) is 63.0 Å². The number of ether oxygens (including phenoxy) is 2. The van der Waals surface area contributed by atoms with Crippen molar-refractivity contribution in [3.8, 4) is 11.5 Å². The maximum Gasteiger partial charge on any atom is 0.305 e. The normalized spacial score (nSPS) is 16.8. The summed E-state index contributed by atoms with van der Waals surface area (Å²) in [6.45, 7) is 0. The molecule has 144 valence electrons. The minimum absolute atomic E-state index is 0.0455. The molecular weight excluding hydrogens is 334 g/mol. The Bertz CT molecular complexity index is 608. The van der Waals surface area contributed by atoms with Crippen LogP contribution in [-0.2, 0) is 9.59 Å². The molecule has 1 amide bonds. The molecule has 0 aliphatic heterocycles. The predicted molar refractivity (Wildman–Crippen MR) is 98.5 cm³/mol. The smallest absolute Gasteiger partial charge is 0.305 e. The molecule has 0 saturated heterocycles. The standard InChI is InChI=1S/C20H29NO5/c1-25-15-10-11-16(18(12-15)26-2)17(13-19(22)23)21-20(24)14-8-6-4-3-5-7-9-14/h10-12,14,17H,3-9,13H2,1-2H3,(H,21,24)(H,22,23). The fraction of sp³-hybridized carbons (Fsp3) is 0.600. The number of methoxy groups -OCH3 is 2. The average Bonchev–Trinajstić information content (AvgIpc) is 2.59. The van der Waals surface area contributed by atoms with Crippen LogP contribution in [0.5, 0.6) is 11.5 Å². The summed E-state index contributed by atoms with van der Waals surface area (Å²) in [7, 11) is 3.08. The number of rotatable bonds is 7. The first kappa shape index (κ1) is 20.1. The fourth-order valence-electron chi connectivity index (χ4n) is 3.53. The highest BCUT2D eigenvalue weighted by Crippen LogP contribution is 2.32. The molecule has 0 bridgehead atoms. The van der Waals surface area contributed by atoms with Gasteiger partial charge in [0.25, 0.3) is 0 Å². The molecule has 1 saturated carbocycles. The molecule has 1 aromatic carbocycles. The van der Waals surface area contributed by atoms with Crippen molar-refractivity contribution in [3.63, 3.8) is 0 Å². The van der Waals surface area contributed by atoms with E-state index < -0.39 is 12.0 Å². The Labute approximate surface area is 154 Å². The van der Waals surface area contributed by atoms with E-state index in [1.54, 1.807) is 25.3 Å². The van der Waals surface area contributed by atoms with Gasteiger partial charge in [0.05, 0.1) is 26.7 Å². The van der Waals surface area contributed by atoms with Gasteiger partial charge in [0.1, 0.15) is 11.5 Å². The number of hydrogen-bond donors (Lipinski definition) is 2. The zero-order valence-corrected chi connectivity index (χ0v) is 15.6. The van der Waals surface area contributed by atoms with Crippen LogP contribution in [0.15, 0.2) is 18.2 Å². The second-order valence-corrected chi connectivity index (χ2v) is 6.81. The monoisotopic (exact) mass is 363 g/mol. The highest BCUT2D eigenvalue weighted by Gasteiger charge is 2.26. The van der Waals surface area contributed by atoms with Gasteiger partial charge in [-0.2, -0.15) is 0 Å². The molecule has 1 aromatic rings. The SMILES string of the molecule is COc1ccc(C(CC(=O)O)NC(=O)C2CCCCCCC2)c(OC)c1. The van der Waals surface area contributed by atoms with Crippen molar-refractivity contribution in [1.29, 1.82) is 0 Å². The Kier molecular flexibility index (Phi) is 7.75. The van der Waals surface area contributed by atoms with Crippen molar-refractivity contribution in [3.05, 3.63) is 23.8 Å². The fourth-order valence-corrected chi connectivity index (χ4v) is 3.53. The second kappa shape index (κ2) is 10.0. The number of aliphatic carboxylic acids is 1. The number of nitrogens with one attached hydrogen (secondary N) is 1. The summed E-state index contributed by atoms with van der Waals surface area (Å²) in [5, 5.41) is 12.3. The molecule has 0 aromatic heterocycles. The number of carboxylic acids is 1. The van der Waals surface area contributed by atoms with Crippen LogP contribution >= 0.6 is 0 Å². The third-order valence-electron chi connectivity index (χ3n) is 4.99. The Morgan fingerprint density at radius 1 is 1.12 bits per heavy atom. The van der Waals surface area contributed by atoms with Crippen LogP contribution in [-0.4, -0.2) is 31.2 Å². The van der Waals surface area contributed by atoms with E-state index in [2.05, 4.69) is 5.32 Å². The molecule has 0 heterocycles. The Hall–Kier alpha value is -2.24. The van der Waals surface area contributed by atoms with Crippen LogP contribution < -0.4 is 14.8 Å². The highest BCUT2D eigenvalue weighted by molar-refractivity contribution is 5.80. The van der Waals surface area contributed by atoms with Crippen LogP contribution in [0.2, 0.25) is 0 Å². The van der Waals surface area contributed by atoms with Crippen LogP contribution in [0.4, 0.5) is 0 Å². The van der Waals surface area contributed by atoms with Crippen LogP contribution in [0.3, 0.4) is 0 Å². The summed E-state index contributed by atoms with van der Waals surface area (Å²) < 4.78 is 10.6. The molecule has 0 radical (unpaired) electrons. The largest absolute Gasteiger partial charge is 0.497 e. The third kappa shape index (κ3) is 5.64. The minimum atomic E-state index is -0.967. The van der Waals surface area contributed by atoms with Gasteiger partial charge in [0.2, 0.25) is 5.91 Å². The number of carboxylic acid groups (broad SMARTS) is 1. The third-order valence-corrected chi connectivity index (χ3v) is 4.99. The number of benzene rings is 1. The molecule has 1 aliphatic carbocycles. The summed E-state index contributed by atoms with van der Waals surface area (Å²) >= 11 is 0. The quantitative estimate of drug-likeness (QED) is 0.772. The van der Waals surface area contributed by atoms with E-state index in [0.29, 0.717) is 17.1 Å². The lowest BCUT2D eigenvalue weighted by Crippen LogP contribution is -2.35. The number of carbonyl (C=O) groups excluding carboxylic acids is 1. The lowest BCUT2D eigenvalue weighted by molar-refractivity contribution is -0.138. The van der Waals surface area contributed by atoms with Gasteiger partial charge in [-0.05, 0) is 25.0 Å². The number of hydrogen-bond acceptors (Lipinski definition) is 4. The van der Waals surface area contributed by atoms with Crippen molar-refractivity contribution < 1.29 is 24.2 Å². The zero-order valence-electron chi connectivity index (χ0n) is 15.6. The Balaban J connectivity index is 2.18. The molecule has 1 aliphatic rings. The van der Waals surface area contributed by atoms with Crippen molar-refractivity contribution in [2.24, 2.45) is 5.92 Å². The van der Waals surface area contributed by atoms with Gasteiger partial charge in [-0.1, -0.05) is 32.1 Å². The van der Waals surface area contributed by atoms with Crippen molar-refractivity contribution in [2.45, 2.75) is 57.4 Å². The summed E-state index contributed by atoms with van der Waals surface area (Å²) in [5.41, 5.74) is 0.648. The lowest BCUT2D eigenvalue weighted by Gasteiger charge is -2.24. The molecule has 6 nitrogen and oxygen atoms in total. The van der Waals surface area contributed by atoms with Gasteiger partial charge in [-0.25, -0.2) is 0 Å². The summed E-state index contributed by atoms with van der Waals surface area (Å²) in [4.78, 5) is 24.1. The van der Waals surface area contributed by atoms with E-state index >= 15 is 0 Å². The first-order valence-corrected chi connectivity index (χ1v) is 9.29. The molecule has 0 spiro atoms. The second-order valence-electron chi connectivity index (χ2n) is 6.81. The summed E-state index contributed by atoms with van der Waals surface area (Å²) in [5.74, 6) is 0.0530. The summed E-state index contributed by atoms with van der Waals surface area (Å²) in [6.07, 6.45) is 7.20. The first-order chi connectivity index (χ1) is 12.5. The van der Waals surface area contributed by atoms with Crippen LogP contribution in [0.25, 0.3) is 0 Å². The van der Waals surface area contributed by atoms with Gasteiger partial charge in [-0.15, -0.1) is 0 Å².